The molecule has 0 aliphatic rings. The number of esters is 1. The minimum absolute atomic E-state index is 0.0109. The van der Waals surface area contributed by atoms with E-state index in [1.54, 1.807) is 26.8 Å². The van der Waals surface area contributed by atoms with E-state index in [0.717, 1.165) is 5.56 Å². The first-order chi connectivity index (χ1) is 8.79. The van der Waals surface area contributed by atoms with E-state index in [0.29, 0.717) is 5.56 Å². The number of hydrogen-bond donors (Lipinski definition) is 2. The minimum Gasteiger partial charge on any atom is -0.465 e. The van der Waals surface area contributed by atoms with Crippen molar-refractivity contribution in [1.29, 1.82) is 0 Å². The van der Waals surface area contributed by atoms with E-state index in [4.69, 9.17) is 5.73 Å². The number of hydrogen-bond acceptors (Lipinski definition) is 5. The van der Waals surface area contributed by atoms with Crippen molar-refractivity contribution in [2.24, 2.45) is 0 Å². The normalized spacial score (nSPS) is 11.3. The van der Waals surface area contributed by atoms with Crippen LogP contribution in [0.15, 0.2) is 17.0 Å². The van der Waals surface area contributed by atoms with Gasteiger partial charge < -0.3 is 10.5 Å². The Kier molecular flexibility index (Phi) is 4.90. The Morgan fingerprint density at radius 2 is 2.00 bits per heavy atom. The molecule has 0 saturated carbocycles. The number of sulfonamides is 1. The molecule has 0 saturated heterocycles. The van der Waals surface area contributed by atoms with Crippen LogP contribution in [0.5, 0.6) is 0 Å². The van der Waals surface area contributed by atoms with Gasteiger partial charge in [0.25, 0.3) is 0 Å². The second-order valence-corrected chi connectivity index (χ2v) is 5.76. The molecule has 0 aliphatic carbocycles. The quantitative estimate of drug-likeness (QED) is 0.614. The Hall–Kier alpha value is -1.60. The zero-order valence-corrected chi connectivity index (χ0v) is 12.0. The first-order valence-corrected chi connectivity index (χ1v) is 7.29. The lowest BCUT2D eigenvalue weighted by Gasteiger charge is -2.13. The van der Waals surface area contributed by atoms with Gasteiger partial charge in [0.15, 0.2) is 0 Å². The monoisotopic (exact) mass is 286 g/mol. The van der Waals surface area contributed by atoms with Crippen molar-refractivity contribution < 1.29 is 17.9 Å². The average Bonchev–Trinajstić information content (AvgIpc) is 2.32. The fraction of sp³-hybridized carbons (Fsp3) is 0.417. The smallest absolute Gasteiger partial charge is 0.321 e. The first-order valence-electron chi connectivity index (χ1n) is 5.80. The number of aryl methyl sites for hydroxylation is 1. The van der Waals surface area contributed by atoms with Gasteiger partial charge in [0.05, 0.1) is 12.3 Å². The maximum absolute atomic E-state index is 12.1. The second-order valence-electron chi connectivity index (χ2n) is 4.06. The standard InChI is InChI=1S/C12H18N2O4S/c1-4-18-11(15)7-14-19(16,17)12-9(3)8(2)5-6-10(12)13/h5-6,14H,4,7,13H2,1-3H3. The largest absolute Gasteiger partial charge is 0.465 e. The van der Waals surface area contributed by atoms with Crippen molar-refractivity contribution in [3.8, 4) is 0 Å². The van der Waals surface area contributed by atoms with Gasteiger partial charge in [0.2, 0.25) is 10.0 Å². The summed E-state index contributed by atoms with van der Waals surface area (Å²) in [5.74, 6) is -0.630. The van der Waals surface area contributed by atoms with E-state index < -0.39 is 22.5 Å². The number of anilines is 1. The lowest BCUT2D eigenvalue weighted by Crippen LogP contribution is -2.31. The number of rotatable bonds is 5. The topological polar surface area (TPSA) is 98.5 Å². The maximum Gasteiger partial charge on any atom is 0.321 e. The van der Waals surface area contributed by atoms with Crippen LogP contribution in [-0.2, 0) is 19.6 Å². The van der Waals surface area contributed by atoms with E-state index in [9.17, 15) is 13.2 Å². The van der Waals surface area contributed by atoms with Crippen molar-refractivity contribution in [3.05, 3.63) is 23.3 Å². The molecule has 1 aromatic rings. The van der Waals surface area contributed by atoms with Gasteiger partial charge >= 0.3 is 5.97 Å². The third kappa shape index (κ3) is 3.68. The predicted octanol–water partition coefficient (Wildman–Crippen LogP) is 0.727. The fourth-order valence-corrected chi connectivity index (χ4v) is 3.00. The van der Waals surface area contributed by atoms with Crippen LogP contribution >= 0.6 is 0 Å². The van der Waals surface area contributed by atoms with Gasteiger partial charge in [0, 0.05) is 0 Å². The Morgan fingerprint density at radius 1 is 1.37 bits per heavy atom. The number of nitrogens with one attached hydrogen (secondary N) is 1. The summed E-state index contributed by atoms with van der Waals surface area (Å²) in [5.41, 5.74) is 7.24. The summed E-state index contributed by atoms with van der Waals surface area (Å²) < 4.78 is 31.1. The predicted molar refractivity (Wildman–Crippen MR) is 72.1 cm³/mol. The number of benzene rings is 1. The van der Waals surface area contributed by atoms with Gasteiger partial charge in [0.1, 0.15) is 11.4 Å². The highest BCUT2D eigenvalue weighted by molar-refractivity contribution is 7.89. The third-order valence-corrected chi connectivity index (χ3v) is 4.29. The summed E-state index contributed by atoms with van der Waals surface area (Å²) >= 11 is 0. The van der Waals surface area contributed by atoms with Gasteiger partial charge in [-0.2, -0.15) is 4.72 Å². The molecule has 0 aliphatic heterocycles. The summed E-state index contributed by atoms with van der Waals surface area (Å²) in [6, 6.07) is 3.27. The van der Waals surface area contributed by atoms with E-state index in [-0.39, 0.29) is 17.2 Å². The minimum atomic E-state index is -3.83. The highest BCUT2D eigenvalue weighted by Gasteiger charge is 2.22. The molecule has 106 valence electrons. The molecule has 0 aromatic heterocycles. The van der Waals surface area contributed by atoms with Crippen molar-refractivity contribution in [2.45, 2.75) is 25.7 Å². The summed E-state index contributed by atoms with van der Waals surface area (Å²) in [6.07, 6.45) is 0. The fourth-order valence-electron chi connectivity index (χ4n) is 1.61. The van der Waals surface area contributed by atoms with Crippen LogP contribution in [0.25, 0.3) is 0 Å². The number of carbonyl (C=O) groups is 1. The third-order valence-electron chi connectivity index (χ3n) is 2.69. The van der Waals surface area contributed by atoms with Crippen LogP contribution in [0, 0.1) is 13.8 Å². The van der Waals surface area contributed by atoms with Crippen LogP contribution in [0.1, 0.15) is 18.1 Å². The number of nitrogens with two attached hydrogens (primary N) is 1. The molecule has 3 N–H and O–H groups in total. The molecule has 0 atom stereocenters. The average molecular weight is 286 g/mol. The Morgan fingerprint density at radius 3 is 2.58 bits per heavy atom. The molecule has 0 fully saturated rings. The molecule has 7 heteroatoms. The van der Waals surface area contributed by atoms with Crippen LogP contribution in [0.4, 0.5) is 5.69 Å². The molecule has 0 unspecified atom stereocenters. The van der Waals surface area contributed by atoms with Crippen molar-refractivity contribution in [3.63, 3.8) is 0 Å². The van der Waals surface area contributed by atoms with E-state index in [2.05, 4.69) is 9.46 Å². The van der Waals surface area contributed by atoms with Crippen molar-refractivity contribution in [1.82, 2.24) is 4.72 Å². The van der Waals surface area contributed by atoms with Crippen molar-refractivity contribution in [2.75, 3.05) is 18.9 Å². The molecule has 19 heavy (non-hydrogen) atoms. The molecular formula is C12H18N2O4S. The Balaban J connectivity index is 3.02. The van der Waals surface area contributed by atoms with Gasteiger partial charge in [-0.1, -0.05) is 6.07 Å². The van der Waals surface area contributed by atoms with Crippen LogP contribution in [0.2, 0.25) is 0 Å². The second kappa shape index (κ2) is 6.03. The summed E-state index contributed by atoms with van der Waals surface area (Å²) in [5, 5.41) is 0. The number of carbonyl (C=O) groups excluding carboxylic acids is 1. The molecule has 0 amide bonds. The van der Waals surface area contributed by atoms with Gasteiger partial charge in [-0.15, -0.1) is 0 Å². The molecule has 0 radical (unpaired) electrons. The maximum atomic E-state index is 12.1. The summed E-state index contributed by atoms with van der Waals surface area (Å²) in [4.78, 5) is 11.2. The molecule has 1 rings (SSSR count). The lowest BCUT2D eigenvalue weighted by molar-refractivity contribution is -0.141. The summed E-state index contributed by atoms with van der Waals surface area (Å²) in [7, 11) is -3.83. The highest BCUT2D eigenvalue weighted by atomic mass is 32.2. The molecule has 0 heterocycles. The molecular weight excluding hydrogens is 268 g/mol. The zero-order chi connectivity index (χ0) is 14.6. The Labute approximate surface area is 113 Å². The first kappa shape index (κ1) is 15.5. The molecule has 0 bridgehead atoms. The van der Waals surface area contributed by atoms with Crippen LogP contribution in [0.3, 0.4) is 0 Å². The SMILES string of the molecule is CCOC(=O)CNS(=O)(=O)c1c(N)ccc(C)c1C. The zero-order valence-electron chi connectivity index (χ0n) is 11.2. The van der Waals surface area contributed by atoms with Gasteiger partial charge in [-0.3, -0.25) is 4.79 Å². The molecule has 0 spiro atoms. The number of ether oxygens (including phenoxy) is 1. The highest BCUT2D eigenvalue weighted by Crippen LogP contribution is 2.24. The summed E-state index contributed by atoms with van der Waals surface area (Å²) in [6.45, 7) is 4.90. The van der Waals surface area contributed by atoms with Gasteiger partial charge in [-0.05, 0) is 38.0 Å². The number of nitrogen functional groups attached to an aromatic ring is 1. The lowest BCUT2D eigenvalue weighted by atomic mass is 10.1. The van der Waals surface area contributed by atoms with E-state index in [1.807, 2.05) is 0 Å². The van der Waals surface area contributed by atoms with Gasteiger partial charge in [-0.25, -0.2) is 8.42 Å². The van der Waals surface area contributed by atoms with Crippen molar-refractivity contribution >= 4 is 21.7 Å². The van der Waals surface area contributed by atoms with E-state index >= 15 is 0 Å². The molecule has 1 aromatic carbocycles. The molecule has 6 nitrogen and oxygen atoms in total. The van der Waals surface area contributed by atoms with E-state index in [1.165, 1.54) is 6.07 Å². The van der Waals surface area contributed by atoms with Crippen LogP contribution in [-0.4, -0.2) is 27.5 Å². The van der Waals surface area contributed by atoms with Crippen LogP contribution < -0.4 is 10.5 Å². The Bertz CT molecular complexity index is 582.